The number of benzene rings is 21. The van der Waals surface area contributed by atoms with E-state index in [2.05, 4.69) is 340 Å². The van der Waals surface area contributed by atoms with E-state index in [9.17, 15) is 0 Å². The van der Waals surface area contributed by atoms with Crippen LogP contribution in [-0.2, 0) is 0 Å². The lowest BCUT2D eigenvalue weighted by Crippen LogP contribution is -1.93. The molecule has 24 rings (SSSR count). The molecule has 5 heteroatoms. The normalized spacial score (nSPS) is 12.0. The maximum absolute atomic E-state index is 7.79. The molecule has 0 radical (unpaired) electrons. The van der Waals surface area contributed by atoms with Gasteiger partial charge in [0.25, 0.3) is 0 Å². The molecule has 24 aromatic rings. The van der Waals surface area contributed by atoms with E-state index in [0.717, 1.165) is 66.6 Å². The molecule has 0 amide bonds. The summed E-state index contributed by atoms with van der Waals surface area (Å²) in [5.74, 6) is 0. The van der Waals surface area contributed by atoms with Crippen LogP contribution in [0.5, 0.6) is 0 Å². The molecule has 0 unspecified atom stereocenters. The summed E-state index contributed by atoms with van der Waals surface area (Å²) in [7, 11) is 0. The first kappa shape index (κ1) is 61.3. The standard InChI is InChI=1S/C53H30N2.C52H29N3/c1-54-46-29-42-21-20-41-28-45(30-48-52(41)53(42)49(31-46)55(48)47-10-6-3-7-11-47)36-15-13-33-22-35(14-12-34(33)23-36)44-26-39-18-16-37-24-43(32-8-4-2-5-9-32)25-38-17-19-40(27-44)51(39)50(37)38;1-53-44-27-39-18-17-38-24-42(28-47-51(38)52(39)48(29-44)55(47)45-9-3-2-4-10-45)40-19-20-46(54-30-40)43-25-36-15-13-34-22-41(23-35-14-16-37(26-43)50(36)49(34)35)33-12-11-31-7-5-6-8-32(31)21-33/h2-31H;2-30H. The van der Waals surface area contributed by atoms with Crippen molar-refractivity contribution in [2.45, 2.75) is 0 Å². The fraction of sp³-hybridized carbons (Fsp3) is 0. The van der Waals surface area contributed by atoms with Crippen LogP contribution in [0.15, 0.2) is 358 Å². The fourth-order valence-electron chi connectivity index (χ4n) is 18.3. The molecular formula is C105H59N5. The Morgan fingerprint density at radius 1 is 0.191 bits per heavy atom. The van der Waals surface area contributed by atoms with Gasteiger partial charge < -0.3 is 9.13 Å². The monoisotopic (exact) mass is 1390 g/mol. The molecule has 0 fully saturated rings. The van der Waals surface area contributed by atoms with Gasteiger partial charge in [-0.25, -0.2) is 9.69 Å². The van der Waals surface area contributed by atoms with Crippen LogP contribution in [0, 0.1) is 13.1 Å². The summed E-state index contributed by atoms with van der Waals surface area (Å²) in [4.78, 5) is 12.7. The summed E-state index contributed by atoms with van der Waals surface area (Å²) in [5.41, 5.74) is 21.9. The zero-order valence-corrected chi connectivity index (χ0v) is 59.3. The molecule has 0 spiro atoms. The van der Waals surface area contributed by atoms with Gasteiger partial charge in [-0.1, -0.05) is 206 Å². The molecule has 0 saturated carbocycles. The molecule has 0 bridgehead atoms. The number of rotatable bonds is 8. The highest BCUT2D eigenvalue weighted by atomic mass is 15.0. The maximum atomic E-state index is 7.79. The Labute approximate surface area is 631 Å². The lowest BCUT2D eigenvalue weighted by Gasteiger charge is -2.15. The van der Waals surface area contributed by atoms with E-state index in [0.29, 0.717) is 11.4 Å². The number of para-hydroxylation sites is 2. The van der Waals surface area contributed by atoms with Crippen molar-refractivity contribution < 1.29 is 0 Å². The predicted molar refractivity (Wildman–Crippen MR) is 464 cm³/mol. The molecule has 0 aliphatic heterocycles. The van der Waals surface area contributed by atoms with E-state index in [4.69, 9.17) is 18.1 Å². The van der Waals surface area contributed by atoms with Gasteiger partial charge >= 0.3 is 0 Å². The van der Waals surface area contributed by atoms with Crippen molar-refractivity contribution in [3.05, 3.63) is 381 Å². The van der Waals surface area contributed by atoms with Gasteiger partial charge in [-0.05, 0) is 303 Å². The molecule has 504 valence electrons. The second kappa shape index (κ2) is 23.7. The Kier molecular flexibility index (Phi) is 13.2. The van der Waals surface area contributed by atoms with Crippen molar-refractivity contribution in [1.29, 1.82) is 0 Å². The third kappa shape index (κ3) is 9.55. The number of fused-ring (bicyclic) bond motifs is 2. The Morgan fingerprint density at radius 2 is 0.464 bits per heavy atom. The number of hydrogen-bond acceptors (Lipinski definition) is 1. The van der Waals surface area contributed by atoms with Gasteiger partial charge in [0.15, 0.2) is 11.4 Å². The smallest absolute Gasteiger partial charge is 0.189 e. The molecule has 0 aliphatic carbocycles. The highest BCUT2D eigenvalue weighted by Crippen LogP contribution is 2.48. The van der Waals surface area contributed by atoms with Crippen LogP contribution in [0.3, 0.4) is 0 Å². The van der Waals surface area contributed by atoms with Gasteiger partial charge in [-0.2, -0.15) is 0 Å². The Morgan fingerprint density at radius 3 is 0.845 bits per heavy atom. The topological polar surface area (TPSA) is 31.5 Å². The molecule has 110 heavy (non-hydrogen) atoms. The van der Waals surface area contributed by atoms with Gasteiger partial charge in [0.2, 0.25) is 0 Å². The first-order chi connectivity index (χ1) is 54.3. The highest BCUT2D eigenvalue weighted by Gasteiger charge is 2.23. The minimum absolute atomic E-state index is 0.647. The average molecular weight is 1390 g/mol. The Hall–Kier alpha value is -15.0. The third-order valence-electron chi connectivity index (χ3n) is 23.4. The summed E-state index contributed by atoms with van der Waals surface area (Å²) < 4.78 is 4.63. The average Bonchev–Trinajstić information content (AvgIpc) is 1.53. The highest BCUT2D eigenvalue weighted by molar-refractivity contribution is 6.29. The fourth-order valence-corrected chi connectivity index (χ4v) is 18.3. The van der Waals surface area contributed by atoms with Crippen LogP contribution in [0.1, 0.15) is 0 Å². The molecule has 0 atom stereocenters. The van der Waals surface area contributed by atoms with Crippen molar-refractivity contribution in [2.24, 2.45) is 0 Å². The van der Waals surface area contributed by atoms with E-state index >= 15 is 0 Å². The SMILES string of the molecule is [C-]#[N+]c1cc2ccc3cc(-c4ccc(-c5cc6ccc7cc(-c8ccc9ccccc9c8)cc8ccc(c5)c6c78)nc4)cc4c3c2c(c1)n4-c1ccccc1.[C-]#[N+]c1cc2ccc3cc(-c4ccc5cc(-c6cc7ccc8cc(-c9ccccc9)cc9ccc(c6)c7c89)ccc5c4)cc4c3c2c(c1)n4-c1ccccc1. The van der Waals surface area contributed by atoms with E-state index in [1.807, 2.05) is 36.5 Å². The zero-order valence-electron chi connectivity index (χ0n) is 59.3. The van der Waals surface area contributed by atoms with Gasteiger partial charge in [0, 0.05) is 61.3 Å². The molecular weight excluding hydrogens is 1330 g/mol. The quantitative estimate of drug-likeness (QED) is 0.110. The van der Waals surface area contributed by atoms with Gasteiger partial charge in [-0.3, -0.25) is 4.98 Å². The van der Waals surface area contributed by atoms with Crippen LogP contribution >= 0.6 is 0 Å². The molecule has 0 aliphatic rings. The van der Waals surface area contributed by atoms with Crippen molar-refractivity contribution in [1.82, 2.24) is 14.1 Å². The minimum Gasteiger partial charge on any atom is -0.310 e. The molecule has 21 aromatic carbocycles. The van der Waals surface area contributed by atoms with Crippen LogP contribution < -0.4 is 0 Å². The van der Waals surface area contributed by atoms with Crippen molar-refractivity contribution in [2.75, 3.05) is 0 Å². The number of pyridine rings is 1. The zero-order chi connectivity index (χ0) is 72.4. The van der Waals surface area contributed by atoms with Crippen LogP contribution in [0.4, 0.5) is 11.4 Å². The lowest BCUT2D eigenvalue weighted by atomic mass is 9.89. The van der Waals surface area contributed by atoms with Crippen molar-refractivity contribution >= 4 is 163 Å². The van der Waals surface area contributed by atoms with Gasteiger partial charge in [0.1, 0.15) is 0 Å². The summed E-state index contributed by atoms with van der Waals surface area (Å²) in [5, 5.41) is 29.8. The van der Waals surface area contributed by atoms with Crippen molar-refractivity contribution in [3.63, 3.8) is 0 Å². The summed E-state index contributed by atoms with van der Waals surface area (Å²) in [6.07, 6.45) is 2.01. The first-order valence-corrected chi connectivity index (χ1v) is 37.4. The predicted octanol–water partition coefficient (Wildman–Crippen LogP) is 29.3. The Balaban J connectivity index is 0.000000132. The second-order valence-corrected chi connectivity index (χ2v) is 29.6. The second-order valence-electron chi connectivity index (χ2n) is 29.6. The molecule has 5 nitrogen and oxygen atoms in total. The largest absolute Gasteiger partial charge is 0.310 e. The minimum atomic E-state index is 0.647. The molecule has 0 saturated heterocycles. The van der Waals surface area contributed by atoms with E-state index in [1.54, 1.807) is 0 Å². The van der Waals surface area contributed by atoms with Gasteiger partial charge in [0.05, 0.1) is 29.9 Å². The number of aromatic nitrogens is 3. The first-order valence-electron chi connectivity index (χ1n) is 37.4. The van der Waals surface area contributed by atoms with Crippen LogP contribution in [0.2, 0.25) is 0 Å². The molecule has 0 N–H and O–H groups in total. The van der Waals surface area contributed by atoms with Gasteiger partial charge in [-0.15, -0.1) is 0 Å². The maximum Gasteiger partial charge on any atom is 0.189 e. The number of hydrogen-bond donors (Lipinski definition) is 0. The summed E-state index contributed by atoms with van der Waals surface area (Å²) in [6.45, 7) is 15.6. The summed E-state index contributed by atoms with van der Waals surface area (Å²) in [6, 6.07) is 128. The van der Waals surface area contributed by atoms with Crippen LogP contribution in [0.25, 0.3) is 239 Å². The number of nitrogens with zero attached hydrogens (tertiary/aromatic N) is 5. The third-order valence-corrected chi connectivity index (χ3v) is 23.4. The Bertz CT molecular complexity index is 7880. The van der Waals surface area contributed by atoms with E-state index in [-0.39, 0.29) is 0 Å². The van der Waals surface area contributed by atoms with Crippen LogP contribution in [-0.4, -0.2) is 14.1 Å². The summed E-state index contributed by atoms with van der Waals surface area (Å²) >= 11 is 0. The van der Waals surface area contributed by atoms with Crippen molar-refractivity contribution in [3.8, 4) is 78.3 Å². The van der Waals surface area contributed by atoms with E-state index in [1.165, 1.54) is 163 Å². The molecule has 3 aromatic heterocycles. The molecule has 3 heterocycles. The lowest BCUT2D eigenvalue weighted by molar-refractivity contribution is 1.18. The van der Waals surface area contributed by atoms with E-state index < -0.39 is 0 Å².